The lowest BCUT2D eigenvalue weighted by molar-refractivity contribution is -0.148. The number of rotatable bonds is 3. The predicted octanol–water partition coefficient (Wildman–Crippen LogP) is 4.27. The van der Waals surface area contributed by atoms with Crippen LogP contribution in [0.15, 0.2) is 35.3 Å². The summed E-state index contributed by atoms with van der Waals surface area (Å²) in [5.74, 6) is -0.373. The van der Waals surface area contributed by atoms with Crippen molar-refractivity contribution in [2.24, 2.45) is 0 Å². The van der Waals surface area contributed by atoms with Gasteiger partial charge < -0.3 is 10.1 Å². The van der Waals surface area contributed by atoms with Crippen molar-refractivity contribution in [2.75, 3.05) is 11.9 Å². The van der Waals surface area contributed by atoms with Crippen LogP contribution < -0.4 is 5.32 Å². The predicted molar refractivity (Wildman–Crippen MR) is 89.1 cm³/mol. The first-order valence-electron chi connectivity index (χ1n) is 6.52. The van der Waals surface area contributed by atoms with Gasteiger partial charge in [-0.1, -0.05) is 6.58 Å². The summed E-state index contributed by atoms with van der Waals surface area (Å²) in [6.07, 6.45) is 1.16. The number of nitrogens with zero attached hydrogens (tertiary/aromatic N) is 1. The van der Waals surface area contributed by atoms with E-state index in [1.54, 1.807) is 0 Å². The van der Waals surface area contributed by atoms with Gasteiger partial charge >= 0.3 is 5.97 Å². The molecule has 0 radical (unpaired) electrons. The number of ether oxygens (including phenoxy) is 1. The molecule has 0 fully saturated rings. The van der Waals surface area contributed by atoms with Crippen LogP contribution in [0.4, 0.5) is 5.69 Å². The molecule has 0 unspecified atom stereocenters. The van der Waals surface area contributed by atoms with Gasteiger partial charge in [0.25, 0.3) is 0 Å². The molecular weight excluding hydrogens is 332 g/mol. The van der Waals surface area contributed by atoms with E-state index in [9.17, 15) is 4.79 Å². The maximum Gasteiger partial charge on any atom is 0.330 e. The van der Waals surface area contributed by atoms with Crippen LogP contribution in [0.2, 0.25) is 0 Å². The van der Waals surface area contributed by atoms with Crippen LogP contribution in [0.25, 0.3) is 0 Å². The zero-order valence-electron chi connectivity index (χ0n) is 12.9. The number of hydrogen-bond acceptors (Lipinski definition) is 4. The van der Waals surface area contributed by atoms with Gasteiger partial charge in [-0.05, 0) is 61.8 Å². The lowest BCUT2D eigenvalue weighted by Gasteiger charge is -2.17. The third kappa shape index (κ3) is 8.87. The first-order valence-corrected chi connectivity index (χ1v) is 7.31. The highest BCUT2D eigenvalue weighted by atomic mass is 79.9. The van der Waals surface area contributed by atoms with Gasteiger partial charge in [-0.15, -0.1) is 0 Å². The van der Waals surface area contributed by atoms with E-state index in [-0.39, 0.29) is 5.97 Å². The van der Waals surface area contributed by atoms with E-state index < -0.39 is 5.60 Å². The summed E-state index contributed by atoms with van der Waals surface area (Å²) in [7, 11) is 0. The van der Waals surface area contributed by atoms with E-state index in [1.807, 2.05) is 45.9 Å². The minimum Gasteiger partial charge on any atom is -0.457 e. The Labute approximate surface area is 134 Å². The Balaban J connectivity index is 0.000000400. The molecule has 0 saturated carbocycles. The molecule has 0 saturated heterocycles. The topological polar surface area (TPSA) is 62.1 Å². The van der Waals surface area contributed by atoms with Gasteiger partial charge in [-0.3, -0.25) is 0 Å². The fourth-order valence-corrected chi connectivity index (χ4v) is 1.60. The lowest BCUT2D eigenvalue weighted by atomic mass is 10.2. The molecule has 0 aliphatic heterocycles. The second kappa shape index (κ2) is 9.19. The molecule has 1 N–H and O–H groups in total. The standard InChI is InChI=1S/C9H9BrN2.C7H12O2/c1-2-12-8-3-4-9(10)7(5-8)6-11;1-5-6(8)9-7(2,3)4/h3-5,12H,2H2,1H3;5H,1H2,2-4H3. The SMILES string of the molecule is C=CC(=O)OC(C)(C)C.CCNc1ccc(Br)c(C#N)c1. The van der Waals surface area contributed by atoms with Crippen LogP contribution in [0.5, 0.6) is 0 Å². The summed E-state index contributed by atoms with van der Waals surface area (Å²) in [4.78, 5) is 10.5. The van der Waals surface area contributed by atoms with E-state index in [4.69, 9.17) is 10.00 Å². The van der Waals surface area contributed by atoms with E-state index in [1.165, 1.54) is 0 Å². The third-order valence-corrected chi connectivity index (χ3v) is 2.73. The molecule has 0 atom stereocenters. The molecule has 21 heavy (non-hydrogen) atoms. The van der Waals surface area contributed by atoms with Crippen LogP contribution >= 0.6 is 15.9 Å². The van der Waals surface area contributed by atoms with Gasteiger partial charge in [0.1, 0.15) is 11.7 Å². The highest BCUT2D eigenvalue weighted by Gasteiger charge is 2.12. The fraction of sp³-hybridized carbons (Fsp3) is 0.375. The second-order valence-corrected chi connectivity index (χ2v) is 5.93. The van der Waals surface area contributed by atoms with Crippen LogP contribution in [0.1, 0.15) is 33.3 Å². The van der Waals surface area contributed by atoms with Gasteiger partial charge in [0.05, 0.1) is 5.56 Å². The minimum atomic E-state index is -0.398. The molecular formula is C16H21BrN2O2. The van der Waals surface area contributed by atoms with Gasteiger partial charge in [-0.25, -0.2) is 4.79 Å². The minimum absolute atomic E-state index is 0.373. The van der Waals surface area contributed by atoms with E-state index >= 15 is 0 Å². The Kier molecular flexibility index (Phi) is 8.41. The number of carbonyl (C=O) groups is 1. The van der Waals surface area contributed by atoms with Crippen molar-refractivity contribution >= 4 is 27.6 Å². The summed E-state index contributed by atoms with van der Waals surface area (Å²) in [6, 6.07) is 7.74. The number of carbonyl (C=O) groups excluding carboxylic acids is 1. The molecule has 1 aromatic carbocycles. The number of benzene rings is 1. The number of halogens is 1. The van der Waals surface area contributed by atoms with Gasteiger partial charge in [0.15, 0.2) is 0 Å². The molecule has 0 amide bonds. The molecule has 0 heterocycles. The van der Waals surface area contributed by atoms with Gasteiger partial charge in [0.2, 0.25) is 0 Å². The Bertz CT molecular complexity index is 528. The van der Waals surface area contributed by atoms with Crippen molar-refractivity contribution in [2.45, 2.75) is 33.3 Å². The van der Waals surface area contributed by atoms with E-state index in [0.717, 1.165) is 22.8 Å². The molecule has 0 spiro atoms. The Morgan fingerprint density at radius 1 is 1.52 bits per heavy atom. The average molecular weight is 353 g/mol. The number of esters is 1. The molecule has 0 aliphatic rings. The number of nitriles is 1. The van der Waals surface area contributed by atoms with E-state index in [2.05, 4.69) is 33.9 Å². The largest absolute Gasteiger partial charge is 0.457 e. The average Bonchev–Trinajstić information content (AvgIpc) is 2.40. The highest BCUT2D eigenvalue weighted by Crippen LogP contribution is 2.19. The highest BCUT2D eigenvalue weighted by molar-refractivity contribution is 9.10. The quantitative estimate of drug-likeness (QED) is 0.651. The smallest absolute Gasteiger partial charge is 0.330 e. The zero-order valence-corrected chi connectivity index (χ0v) is 14.5. The summed E-state index contributed by atoms with van der Waals surface area (Å²) in [5, 5.41) is 11.8. The maximum atomic E-state index is 10.5. The molecule has 0 aromatic heterocycles. The van der Waals surface area contributed by atoms with Crippen LogP contribution in [-0.4, -0.2) is 18.1 Å². The maximum absolute atomic E-state index is 10.5. The third-order valence-electron chi connectivity index (χ3n) is 2.04. The van der Waals surface area contributed by atoms with Crippen molar-refractivity contribution in [1.82, 2.24) is 0 Å². The Morgan fingerprint density at radius 3 is 2.52 bits per heavy atom. The monoisotopic (exact) mass is 352 g/mol. The molecule has 1 aromatic rings. The van der Waals surface area contributed by atoms with Gasteiger partial charge in [0, 0.05) is 22.8 Å². The van der Waals surface area contributed by atoms with Crippen molar-refractivity contribution in [3.8, 4) is 6.07 Å². The van der Waals surface area contributed by atoms with Crippen molar-refractivity contribution < 1.29 is 9.53 Å². The molecule has 0 bridgehead atoms. The molecule has 114 valence electrons. The van der Waals surface area contributed by atoms with Gasteiger partial charge in [-0.2, -0.15) is 5.26 Å². The molecule has 4 nitrogen and oxygen atoms in total. The van der Waals surface area contributed by atoms with Crippen molar-refractivity contribution in [1.29, 1.82) is 5.26 Å². The van der Waals surface area contributed by atoms with Crippen molar-refractivity contribution in [3.05, 3.63) is 40.9 Å². The van der Waals surface area contributed by atoms with Crippen molar-refractivity contribution in [3.63, 3.8) is 0 Å². The fourth-order valence-electron chi connectivity index (χ4n) is 1.27. The van der Waals surface area contributed by atoms with Crippen LogP contribution in [-0.2, 0) is 9.53 Å². The Morgan fingerprint density at radius 2 is 2.14 bits per heavy atom. The van der Waals surface area contributed by atoms with Crippen LogP contribution in [0.3, 0.4) is 0 Å². The number of hydrogen-bond donors (Lipinski definition) is 1. The summed E-state index contributed by atoms with van der Waals surface area (Å²) in [6.45, 7) is 11.6. The molecule has 1 rings (SSSR count). The second-order valence-electron chi connectivity index (χ2n) is 5.07. The normalized spacial score (nSPS) is 9.71. The zero-order chi connectivity index (χ0) is 16.5. The Hall–Kier alpha value is -1.80. The molecule has 0 aliphatic carbocycles. The summed E-state index contributed by atoms with van der Waals surface area (Å²) < 4.78 is 5.67. The lowest BCUT2D eigenvalue weighted by Crippen LogP contribution is -2.22. The summed E-state index contributed by atoms with van der Waals surface area (Å²) >= 11 is 3.29. The number of anilines is 1. The van der Waals surface area contributed by atoms with Crippen LogP contribution in [0, 0.1) is 11.3 Å². The number of nitrogens with one attached hydrogen (secondary N) is 1. The first kappa shape index (κ1) is 19.2. The van der Waals surface area contributed by atoms with E-state index in [0.29, 0.717) is 5.56 Å². The summed E-state index contributed by atoms with van der Waals surface area (Å²) in [5.41, 5.74) is 1.25. The first-order chi connectivity index (χ1) is 9.73. The molecule has 5 heteroatoms.